The van der Waals surface area contributed by atoms with E-state index in [2.05, 4.69) is 5.32 Å². The van der Waals surface area contributed by atoms with Crippen molar-refractivity contribution >= 4 is 5.91 Å². The molecule has 1 aliphatic rings. The number of rotatable bonds is 3. The Morgan fingerprint density at radius 1 is 1.40 bits per heavy atom. The number of nitrogens with one attached hydrogen (secondary N) is 1. The third kappa shape index (κ3) is 4.47. The van der Waals surface area contributed by atoms with Gasteiger partial charge in [0, 0.05) is 18.5 Å². The SMILES string of the molecule is CC(C)=CC(=O)NCC1CCCCC1O. The van der Waals surface area contributed by atoms with Gasteiger partial charge in [-0.2, -0.15) is 0 Å². The van der Waals surface area contributed by atoms with Crippen LogP contribution in [0.5, 0.6) is 0 Å². The summed E-state index contributed by atoms with van der Waals surface area (Å²) in [6.45, 7) is 4.40. The van der Waals surface area contributed by atoms with Gasteiger partial charge in [-0.3, -0.25) is 4.79 Å². The molecule has 0 spiro atoms. The minimum absolute atomic E-state index is 0.0484. The zero-order valence-corrected chi connectivity index (χ0v) is 9.62. The fraction of sp³-hybridized carbons (Fsp3) is 0.750. The van der Waals surface area contributed by atoms with E-state index in [9.17, 15) is 9.90 Å². The van der Waals surface area contributed by atoms with Gasteiger partial charge >= 0.3 is 0 Å². The van der Waals surface area contributed by atoms with E-state index in [0.29, 0.717) is 6.54 Å². The van der Waals surface area contributed by atoms with Gasteiger partial charge in [0.1, 0.15) is 0 Å². The highest BCUT2D eigenvalue weighted by molar-refractivity contribution is 5.87. The smallest absolute Gasteiger partial charge is 0.243 e. The van der Waals surface area contributed by atoms with Crippen LogP contribution in [-0.2, 0) is 4.79 Å². The number of carbonyl (C=O) groups is 1. The van der Waals surface area contributed by atoms with Gasteiger partial charge in [-0.1, -0.05) is 18.4 Å². The quantitative estimate of drug-likeness (QED) is 0.697. The minimum Gasteiger partial charge on any atom is -0.393 e. The summed E-state index contributed by atoms with van der Waals surface area (Å²) in [7, 11) is 0. The lowest BCUT2D eigenvalue weighted by molar-refractivity contribution is -0.117. The van der Waals surface area contributed by atoms with Crippen molar-refractivity contribution in [1.82, 2.24) is 5.32 Å². The average molecular weight is 211 g/mol. The standard InChI is InChI=1S/C12H21NO2/c1-9(2)7-12(15)13-8-10-5-3-4-6-11(10)14/h7,10-11,14H,3-6,8H2,1-2H3,(H,13,15). The van der Waals surface area contributed by atoms with E-state index in [0.717, 1.165) is 24.8 Å². The van der Waals surface area contributed by atoms with Crippen molar-refractivity contribution in [1.29, 1.82) is 0 Å². The van der Waals surface area contributed by atoms with E-state index in [-0.39, 0.29) is 17.9 Å². The summed E-state index contributed by atoms with van der Waals surface area (Å²) in [5.74, 6) is 0.195. The van der Waals surface area contributed by atoms with Crippen LogP contribution in [0.25, 0.3) is 0 Å². The summed E-state index contributed by atoms with van der Waals surface area (Å²) in [6.07, 6.45) is 5.54. The molecule has 86 valence electrons. The number of hydrogen-bond donors (Lipinski definition) is 2. The van der Waals surface area contributed by atoms with E-state index in [1.54, 1.807) is 6.08 Å². The van der Waals surface area contributed by atoms with Crippen molar-refractivity contribution in [3.8, 4) is 0 Å². The van der Waals surface area contributed by atoms with E-state index >= 15 is 0 Å². The minimum atomic E-state index is -0.231. The molecule has 2 atom stereocenters. The number of amides is 1. The summed E-state index contributed by atoms with van der Waals surface area (Å²) >= 11 is 0. The molecule has 3 heteroatoms. The van der Waals surface area contributed by atoms with Crippen molar-refractivity contribution < 1.29 is 9.90 Å². The first-order chi connectivity index (χ1) is 7.09. The van der Waals surface area contributed by atoms with Crippen LogP contribution in [-0.4, -0.2) is 23.7 Å². The van der Waals surface area contributed by atoms with Crippen LogP contribution in [0.4, 0.5) is 0 Å². The van der Waals surface area contributed by atoms with Crippen LogP contribution >= 0.6 is 0 Å². The highest BCUT2D eigenvalue weighted by Crippen LogP contribution is 2.23. The van der Waals surface area contributed by atoms with Crippen LogP contribution in [0, 0.1) is 5.92 Å². The molecule has 1 aliphatic carbocycles. The fourth-order valence-electron chi connectivity index (χ4n) is 1.97. The molecule has 0 heterocycles. The molecular formula is C12H21NO2. The Labute approximate surface area is 91.6 Å². The first kappa shape index (κ1) is 12.2. The molecule has 1 saturated carbocycles. The zero-order valence-electron chi connectivity index (χ0n) is 9.62. The predicted molar refractivity (Wildman–Crippen MR) is 60.4 cm³/mol. The summed E-state index contributed by atoms with van der Waals surface area (Å²) in [5, 5.41) is 12.5. The summed E-state index contributed by atoms with van der Waals surface area (Å²) in [6, 6.07) is 0. The fourth-order valence-corrected chi connectivity index (χ4v) is 1.97. The van der Waals surface area contributed by atoms with Crippen LogP contribution in [0.1, 0.15) is 39.5 Å². The lowest BCUT2D eigenvalue weighted by atomic mass is 9.86. The lowest BCUT2D eigenvalue weighted by Crippen LogP contribution is -2.36. The Morgan fingerprint density at radius 3 is 2.67 bits per heavy atom. The molecule has 0 bridgehead atoms. The van der Waals surface area contributed by atoms with Crippen molar-refractivity contribution in [3.05, 3.63) is 11.6 Å². The van der Waals surface area contributed by atoms with Gasteiger partial charge in [-0.25, -0.2) is 0 Å². The van der Waals surface area contributed by atoms with E-state index in [1.165, 1.54) is 6.42 Å². The maximum absolute atomic E-state index is 11.3. The van der Waals surface area contributed by atoms with Gasteiger partial charge in [0.25, 0.3) is 0 Å². The third-order valence-electron chi connectivity index (χ3n) is 2.83. The second-order valence-electron chi connectivity index (χ2n) is 4.58. The van der Waals surface area contributed by atoms with Crippen LogP contribution in [0.3, 0.4) is 0 Å². The van der Waals surface area contributed by atoms with Gasteiger partial charge in [-0.05, 0) is 26.7 Å². The van der Waals surface area contributed by atoms with E-state index in [4.69, 9.17) is 0 Å². The largest absolute Gasteiger partial charge is 0.393 e. The number of carbonyl (C=O) groups excluding carboxylic acids is 1. The normalized spacial score (nSPS) is 25.8. The van der Waals surface area contributed by atoms with E-state index < -0.39 is 0 Å². The molecule has 2 unspecified atom stereocenters. The van der Waals surface area contributed by atoms with Crippen LogP contribution in [0.15, 0.2) is 11.6 Å². The molecule has 15 heavy (non-hydrogen) atoms. The number of aliphatic hydroxyl groups is 1. The molecule has 2 N–H and O–H groups in total. The second kappa shape index (κ2) is 5.91. The van der Waals surface area contributed by atoms with Crippen molar-refractivity contribution in [2.75, 3.05) is 6.54 Å². The molecule has 0 aromatic heterocycles. The molecule has 1 fully saturated rings. The highest BCUT2D eigenvalue weighted by atomic mass is 16.3. The Bertz CT molecular complexity index is 244. The molecular weight excluding hydrogens is 190 g/mol. The van der Waals surface area contributed by atoms with Crippen molar-refractivity contribution in [3.63, 3.8) is 0 Å². The van der Waals surface area contributed by atoms with Crippen LogP contribution < -0.4 is 5.32 Å². The monoisotopic (exact) mass is 211 g/mol. The number of aliphatic hydroxyl groups excluding tert-OH is 1. The van der Waals surface area contributed by atoms with Gasteiger partial charge in [0.05, 0.1) is 6.10 Å². The third-order valence-corrected chi connectivity index (χ3v) is 2.83. The zero-order chi connectivity index (χ0) is 11.3. The van der Waals surface area contributed by atoms with Gasteiger partial charge in [0.15, 0.2) is 0 Å². The van der Waals surface area contributed by atoms with Crippen molar-refractivity contribution in [2.45, 2.75) is 45.6 Å². The maximum atomic E-state index is 11.3. The molecule has 3 nitrogen and oxygen atoms in total. The Morgan fingerprint density at radius 2 is 2.07 bits per heavy atom. The van der Waals surface area contributed by atoms with Gasteiger partial charge in [-0.15, -0.1) is 0 Å². The first-order valence-electron chi connectivity index (χ1n) is 5.70. The molecule has 0 radical (unpaired) electrons. The van der Waals surface area contributed by atoms with Crippen molar-refractivity contribution in [2.24, 2.45) is 5.92 Å². The van der Waals surface area contributed by atoms with Gasteiger partial charge < -0.3 is 10.4 Å². The molecule has 0 aromatic rings. The Balaban J connectivity index is 2.29. The topological polar surface area (TPSA) is 49.3 Å². The molecule has 0 aromatic carbocycles. The summed E-state index contributed by atoms with van der Waals surface area (Å²) in [4.78, 5) is 11.3. The van der Waals surface area contributed by atoms with E-state index in [1.807, 2.05) is 13.8 Å². The summed E-state index contributed by atoms with van der Waals surface area (Å²) < 4.78 is 0. The lowest BCUT2D eigenvalue weighted by Gasteiger charge is -2.27. The summed E-state index contributed by atoms with van der Waals surface area (Å²) in [5.41, 5.74) is 0.997. The molecule has 1 rings (SSSR count). The van der Waals surface area contributed by atoms with Crippen LogP contribution in [0.2, 0.25) is 0 Å². The predicted octanol–water partition coefficient (Wildman–Crippen LogP) is 1.62. The first-order valence-corrected chi connectivity index (χ1v) is 5.70. The maximum Gasteiger partial charge on any atom is 0.243 e. The Kier molecular flexibility index (Phi) is 4.82. The molecule has 1 amide bonds. The second-order valence-corrected chi connectivity index (χ2v) is 4.58. The van der Waals surface area contributed by atoms with Gasteiger partial charge in [0.2, 0.25) is 5.91 Å². The average Bonchev–Trinajstić information content (AvgIpc) is 2.15. The Hall–Kier alpha value is -0.830. The number of allylic oxidation sites excluding steroid dienone is 1. The highest BCUT2D eigenvalue weighted by Gasteiger charge is 2.22. The number of hydrogen-bond acceptors (Lipinski definition) is 2. The molecule has 0 aliphatic heterocycles. The molecule has 0 saturated heterocycles.